The van der Waals surface area contributed by atoms with Gasteiger partial charge in [0.15, 0.2) is 0 Å². The number of anilines is 1. The maximum absolute atomic E-state index is 13.1. The van der Waals surface area contributed by atoms with Crippen molar-refractivity contribution in [1.82, 2.24) is 19.7 Å². The number of urea groups is 1. The van der Waals surface area contributed by atoms with Gasteiger partial charge in [-0.05, 0) is 23.6 Å². The van der Waals surface area contributed by atoms with Gasteiger partial charge in [0, 0.05) is 57.4 Å². The molecule has 206 valence electrons. The lowest BCUT2D eigenvalue weighted by molar-refractivity contribution is 0.0645. The minimum atomic E-state index is -0.214. The molecule has 3 amide bonds. The Hall–Kier alpha value is -3.53. The molecular weight excluding hydrogens is 510 g/mol. The van der Waals surface area contributed by atoms with Crippen LogP contribution in [0.2, 0.25) is 0 Å². The van der Waals surface area contributed by atoms with Gasteiger partial charge in [0.2, 0.25) is 0 Å². The predicted octanol–water partition coefficient (Wildman–Crippen LogP) is 4.86. The minimum Gasteiger partial charge on any atom is -0.383 e. The molecule has 9 heteroatoms. The zero-order valence-corrected chi connectivity index (χ0v) is 23.5. The van der Waals surface area contributed by atoms with Gasteiger partial charge < -0.3 is 19.9 Å². The number of piperazine rings is 1. The van der Waals surface area contributed by atoms with Crippen LogP contribution in [0.3, 0.4) is 0 Å². The molecule has 0 bridgehead atoms. The van der Waals surface area contributed by atoms with Crippen molar-refractivity contribution in [1.29, 1.82) is 0 Å². The molecule has 2 heterocycles. The molecule has 1 saturated heterocycles. The quantitative estimate of drug-likeness (QED) is 0.371. The second-order valence-electron chi connectivity index (χ2n) is 9.39. The first kappa shape index (κ1) is 28.5. The highest BCUT2D eigenvalue weighted by atomic mass is 32.1. The number of aromatic nitrogens is 1. The van der Waals surface area contributed by atoms with Gasteiger partial charge >= 0.3 is 6.03 Å². The zero-order valence-electron chi connectivity index (χ0n) is 22.7. The third-order valence-corrected chi connectivity index (χ3v) is 7.56. The maximum atomic E-state index is 13.1. The van der Waals surface area contributed by atoms with Crippen LogP contribution in [0, 0.1) is 0 Å². The number of nitrogens with one attached hydrogen (secondary N) is 1. The number of aryl methyl sites for hydroxylation is 1. The summed E-state index contributed by atoms with van der Waals surface area (Å²) in [4.78, 5) is 36.7. The van der Waals surface area contributed by atoms with Gasteiger partial charge in [0.05, 0.1) is 13.2 Å². The van der Waals surface area contributed by atoms with Crippen molar-refractivity contribution < 1.29 is 14.3 Å². The molecule has 0 aliphatic carbocycles. The van der Waals surface area contributed by atoms with Crippen LogP contribution in [0.4, 0.5) is 10.5 Å². The molecule has 3 aromatic rings. The van der Waals surface area contributed by atoms with Gasteiger partial charge in [-0.3, -0.25) is 9.69 Å². The lowest BCUT2D eigenvalue weighted by Crippen LogP contribution is -2.48. The van der Waals surface area contributed by atoms with E-state index < -0.39 is 0 Å². The van der Waals surface area contributed by atoms with Crippen LogP contribution in [0.1, 0.15) is 33.5 Å². The van der Waals surface area contributed by atoms with Crippen LogP contribution in [0.15, 0.2) is 66.1 Å². The number of benzene rings is 2. The fraction of sp³-hybridized carbons (Fsp3) is 0.367. The summed E-state index contributed by atoms with van der Waals surface area (Å²) in [7, 11) is 1.61. The molecule has 39 heavy (non-hydrogen) atoms. The number of para-hydroxylation sites is 1. The number of ether oxygens (including phenoxy) is 1. The van der Waals surface area contributed by atoms with E-state index in [9.17, 15) is 9.59 Å². The van der Waals surface area contributed by atoms with Crippen molar-refractivity contribution in [3.63, 3.8) is 0 Å². The molecule has 0 radical (unpaired) electrons. The lowest BCUT2D eigenvalue weighted by Gasteiger charge is -2.33. The number of carbonyl (C=O) groups excluding carboxylic acids is 2. The van der Waals surface area contributed by atoms with E-state index in [-0.39, 0.29) is 11.9 Å². The SMILES string of the molecule is CCc1ccccc1NC(=O)N(CCOC)Cc1nc(C(=O)N2CCN(C/C=C/c3ccccc3)CC2)cs1. The molecule has 1 aliphatic rings. The van der Waals surface area contributed by atoms with Crippen molar-refractivity contribution in [3.8, 4) is 0 Å². The first-order chi connectivity index (χ1) is 19.1. The van der Waals surface area contributed by atoms with Crippen LogP contribution in [-0.4, -0.2) is 84.6 Å². The number of hydrogen-bond donors (Lipinski definition) is 1. The highest BCUT2D eigenvalue weighted by Crippen LogP contribution is 2.19. The second-order valence-corrected chi connectivity index (χ2v) is 10.3. The van der Waals surface area contributed by atoms with Crippen LogP contribution < -0.4 is 5.32 Å². The van der Waals surface area contributed by atoms with E-state index in [2.05, 4.69) is 46.4 Å². The van der Waals surface area contributed by atoms with Crippen LogP contribution >= 0.6 is 11.3 Å². The molecule has 0 saturated carbocycles. The monoisotopic (exact) mass is 547 g/mol. The van der Waals surface area contributed by atoms with E-state index in [0.717, 1.165) is 42.3 Å². The number of nitrogens with zero attached hydrogens (tertiary/aromatic N) is 4. The molecular formula is C30H37N5O3S. The third-order valence-electron chi connectivity index (χ3n) is 6.72. The molecule has 0 unspecified atom stereocenters. The second kappa shape index (κ2) is 14.6. The van der Waals surface area contributed by atoms with Crippen LogP contribution in [-0.2, 0) is 17.7 Å². The summed E-state index contributed by atoms with van der Waals surface area (Å²) in [5, 5.41) is 5.54. The van der Waals surface area contributed by atoms with E-state index in [1.54, 1.807) is 17.4 Å². The van der Waals surface area contributed by atoms with Gasteiger partial charge in [-0.2, -0.15) is 0 Å². The van der Waals surface area contributed by atoms with Crippen molar-refractivity contribution in [2.24, 2.45) is 0 Å². The molecule has 1 aromatic heterocycles. The molecule has 4 rings (SSSR count). The summed E-state index contributed by atoms with van der Waals surface area (Å²) in [6.07, 6.45) is 5.13. The normalized spacial score (nSPS) is 14.1. The van der Waals surface area contributed by atoms with E-state index in [0.29, 0.717) is 38.5 Å². The average Bonchev–Trinajstić information content (AvgIpc) is 3.44. The highest BCUT2D eigenvalue weighted by molar-refractivity contribution is 7.09. The molecule has 1 fully saturated rings. The van der Waals surface area contributed by atoms with E-state index in [4.69, 9.17) is 4.74 Å². The summed E-state index contributed by atoms with van der Waals surface area (Å²) in [5.74, 6) is -0.0539. The molecule has 0 spiro atoms. The predicted molar refractivity (Wildman–Crippen MR) is 157 cm³/mol. The smallest absolute Gasteiger partial charge is 0.322 e. The fourth-order valence-electron chi connectivity index (χ4n) is 4.44. The standard InChI is InChI=1S/C30H37N5O3S/c1-3-25-13-7-8-14-26(25)32-30(37)35(20-21-38-2)22-28-31-27(23-39-28)29(36)34-18-16-33(17-19-34)15-9-12-24-10-5-4-6-11-24/h4-14,23H,3,15-22H2,1-2H3,(H,32,37)/b12-9+. The Morgan fingerprint density at radius 3 is 2.56 bits per heavy atom. The van der Waals surface area contributed by atoms with Gasteiger partial charge in [-0.25, -0.2) is 9.78 Å². The summed E-state index contributed by atoms with van der Waals surface area (Å²) < 4.78 is 5.23. The number of carbonyl (C=O) groups is 2. The Labute approximate surface area is 234 Å². The van der Waals surface area contributed by atoms with Gasteiger partial charge in [-0.15, -0.1) is 11.3 Å². The maximum Gasteiger partial charge on any atom is 0.322 e. The Morgan fingerprint density at radius 1 is 1.08 bits per heavy atom. The van der Waals surface area contributed by atoms with Crippen molar-refractivity contribution in [3.05, 3.63) is 87.9 Å². The molecule has 1 aliphatic heterocycles. The molecule has 2 aromatic carbocycles. The highest BCUT2D eigenvalue weighted by Gasteiger charge is 2.24. The van der Waals surface area contributed by atoms with Gasteiger partial charge in [0.25, 0.3) is 5.91 Å². The Morgan fingerprint density at radius 2 is 1.82 bits per heavy atom. The minimum absolute atomic E-state index is 0.0539. The van der Waals surface area contributed by atoms with Crippen LogP contribution in [0.25, 0.3) is 6.08 Å². The van der Waals surface area contributed by atoms with E-state index >= 15 is 0 Å². The number of rotatable bonds is 11. The Bertz CT molecular complexity index is 1240. The van der Waals surface area contributed by atoms with E-state index in [1.165, 1.54) is 16.9 Å². The van der Waals surface area contributed by atoms with Gasteiger partial charge in [0.1, 0.15) is 10.7 Å². The van der Waals surface area contributed by atoms with Crippen LogP contribution in [0.5, 0.6) is 0 Å². The van der Waals surface area contributed by atoms with E-state index in [1.807, 2.05) is 47.4 Å². The van der Waals surface area contributed by atoms with Gasteiger partial charge in [-0.1, -0.05) is 67.6 Å². The third kappa shape index (κ3) is 8.23. The summed E-state index contributed by atoms with van der Waals surface area (Å²) in [5.41, 5.74) is 3.51. The number of methoxy groups -OCH3 is 1. The average molecular weight is 548 g/mol. The first-order valence-corrected chi connectivity index (χ1v) is 14.3. The summed E-state index contributed by atoms with van der Waals surface area (Å²) >= 11 is 1.40. The van der Waals surface area contributed by atoms with Crippen molar-refractivity contribution in [2.45, 2.75) is 19.9 Å². The zero-order chi connectivity index (χ0) is 27.5. The molecule has 0 atom stereocenters. The number of amides is 3. The van der Waals surface area contributed by atoms with Crippen molar-refractivity contribution in [2.75, 3.05) is 58.3 Å². The number of hydrogen-bond acceptors (Lipinski definition) is 6. The number of thiazole rings is 1. The fourth-order valence-corrected chi connectivity index (χ4v) is 5.22. The first-order valence-electron chi connectivity index (χ1n) is 13.4. The Kier molecular flexibility index (Phi) is 10.6. The topological polar surface area (TPSA) is 78.0 Å². The summed E-state index contributed by atoms with van der Waals surface area (Å²) in [6.45, 7) is 7.05. The molecule has 8 nitrogen and oxygen atoms in total. The summed E-state index contributed by atoms with van der Waals surface area (Å²) in [6, 6.07) is 17.8. The Balaban J connectivity index is 1.30. The molecule has 1 N–H and O–H groups in total. The largest absolute Gasteiger partial charge is 0.383 e. The lowest BCUT2D eigenvalue weighted by atomic mass is 10.1. The van der Waals surface area contributed by atoms with Crippen molar-refractivity contribution >= 4 is 35.0 Å².